The monoisotopic (exact) mass is 440 g/mol. The van der Waals surface area contributed by atoms with Crippen LogP contribution in [0.1, 0.15) is 24.2 Å². The smallest absolute Gasteiger partial charge is 0.257 e. The minimum atomic E-state index is -0.276. The van der Waals surface area contributed by atoms with E-state index in [1.54, 1.807) is 18.2 Å². The van der Waals surface area contributed by atoms with Crippen LogP contribution in [-0.4, -0.2) is 17.1 Å². The van der Waals surface area contributed by atoms with Crippen molar-refractivity contribution in [2.45, 2.75) is 20.0 Å². The highest BCUT2D eigenvalue weighted by Crippen LogP contribution is 2.15. The molecule has 0 bridgehead atoms. The Morgan fingerprint density at radius 2 is 1.87 bits per heavy atom. The fraction of sp³-hybridized carbons (Fsp3) is 0.176. The average Bonchev–Trinajstić information content (AvgIpc) is 2.49. The quantitative estimate of drug-likeness (QED) is 0.553. The fourth-order valence-corrected chi connectivity index (χ4v) is 2.42. The lowest BCUT2D eigenvalue weighted by molar-refractivity contribution is 0.0977. The van der Waals surface area contributed by atoms with E-state index in [4.69, 9.17) is 17.0 Å². The zero-order chi connectivity index (χ0) is 16.8. The van der Waals surface area contributed by atoms with Crippen molar-refractivity contribution < 1.29 is 9.53 Å². The Bertz CT molecular complexity index is 702. The number of benzene rings is 2. The Hall–Kier alpha value is -1.67. The molecule has 0 aromatic heterocycles. The van der Waals surface area contributed by atoms with Crippen molar-refractivity contribution in [3.05, 3.63) is 57.7 Å². The summed E-state index contributed by atoms with van der Waals surface area (Å²) in [6.07, 6.45) is 0.0527. The van der Waals surface area contributed by atoms with Gasteiger partial charge in [0.15, 0.2) is 5.11 Å². The van der Waals surface area contributed by atoms with Gasteiger partial charge in [0.05, 0.1) is 6.10 Å². The predicted molar refractivity (Wildman–Crippen MR) is 105 cm³/mol. The topological polar surface area (TPSA) is 50.4 Å². The number of thiocarbonyl (C=S) groups is 1. The van der Waals surface area contributed by atoms with Gasteiger partial charge in [0.2, 0.25) is 0 Å². The zero-order valence-corrected chi connectivity index (χ0v) is 15.8. The van der Waals surface area contributed by atoms with Crippen molar-refractivity contribution in [1.29, 1.82) is 0 Å². The predicted octanol–water partition coefficient (Wildman–Crippen LogP) is 4.21. The summed E-state index contributed by atoms with van der Waals surface area (Å²) in [5.41, 5.74) is 1.32. The van der Waals surface area contributed by atoms with Crippen molar-refractivity contribution in [2.75, 3.05) is 5.32 Å². The van der Waals surface area contributed by atoms with Crippen LogP contribution in [0.3, 0.4) is 0 Å². The van der Waals surface area contributed by atoms with E-state index in [1.165, 1.54) is 0 Å². The number of ether oxygens (including phenoxy) is 1. The highest BCUT2D eigenvalue weighted by Gasteiger charge is 2.09. The van der Waals surface area contributed by atoms with Gasteiger partial charge in [0, 0.05) is 14.8 Å². The van der Waals surface area contributed by atoms with Crippen LogP contribution in [0.5, 0.6) is 5.75 Å². The summed E-state index contributed by atoms with van der Waals surface area (Å²) in [6, 6.07) is 14.7. The maximum atomic E-state index is 12.2. The molecule has 2 aromatic carbocycles. The summed E-state index contributed by atoms with van der Waals surface area (Å²) in [6.45, 7) is 3.87. The van der Waals surface area contributed by atoms with Crippen molar-refractivity contribution in [3.63, 3.8) is 0 Å². The zero-order valence-electron chi connectivity index (χ0n) is 12.8. The molecule has 0 heterocycles. The van der Waals surface area contributed by atoms with Crippen LogP contribution in [-0.2, 0) is 0 Å². The summed E-state index contributed by atoms with van der Waals surface area (Å²) in [5.74, 6) is 0.381. The average molecular weight is 440 g/mol. The van der Waals surface area contributed by atoms with Gasteiger partial charge >= 0.3 is 0 Å². The third-order valence-corrected chi connectivity index (χ3v) is 3.72. The van der Waals surface area contributed by atoms with Gasteiger partial charge in [-0.15, -0.1) is 0 Å². The second kappa shape index (κ2) is 8.26. The molecule has 0 saturated heterocycles. The first-order valence-corrected chi connectivity index (χ1v) is 8.57. The first-order valence-electron chi connectivity index (χ1n) is 7.08. The minimum Gasteiger partial charge on any atom is -0.491 e. The molecule has 0 fully saturated rings. The van der Waals surface area contributed by atoms with Gasteiger partial charge in [0.25, 0.3) is 5.91 Å². The highest BCUT2D eigenvalue weighted by molar-refractivity contribution is 14.1. The van der Waals surface area contributed by atoms with E-state index in [2.05, 4.69) is 33.2 Å². The number of amides is 1. The fourth-order valence-electron chi connectivity index (χ4n) is 1.85. The Morgan fingerprint density at radius 3 is 2.52 bits per heavy atom. The summed E-state index contributed by atoms with van der Waals surface area (Å²) >= 11 is 7.40. The molecule has 23 heavy (non-hydrogen) atoms. The molecule has 0 aliphatic heterocycles. The molecule has 0 atom stereocenters. The van der Waals surface area contributed by atoms with Crippen molar-refractivity contribution in [1.82, 2.24) is 5.32 Å². The molecule has 2 aromatic rings. The summed E-state index contributed by atoms with van der Waals surface area (Å²) in [4.78, 5) is 12.2. The third kappa shape index (κ3) is 5.80. The van der Waals surface area contributed by atoms with Crippen molar-refractivity contribution >= 4 is 51.5 Å². The number of carbonyl (C=O) groups excluding carboxylic acids is 1. The van der Waals surface area contributed by atoms with Gasteiger partial charge < -0.3 is 10.1 Å². The largest absolute Gasteiger partial charge is 0.491 e. The van der Waals surface area contributed by atoms with Gasteiger partial charge in [-0.1, -0.05) is 6.07 Å². The SMILES string of the molecule is CC(C)Oc1cccc(C(=O)NC(=S)Nc2ccc(I)cc2)c1. The highest BCUT2D eigenvalue weighted by atomic mass is 127. The van der Waals surface area contributed by atoms with Gasteiger partial charge in [-0.25, -0.2) is 0 Å². The van der Waals surface area contributed by atoms with Crippen LogP contribution in [0.25, 0.3) is 0 Å². The van der Waals surface area contributed by atoms with Gasteiger partial charge in [-0.2, -0.15) is 0 Å². The Labute approximate surface area is 154 Å². The maximum Gasteiger partial charge on any atom is 0.257 e. The van der Waals surface area contributed by atoms with E-state index in [0.717, 1.165) is 9.26 Å². The third-order valence-electron chi connectivity index (χ3n) is 2.80. The molecule has 0 saturated carbocycles. The minimum absolute atomic E-state index is 0.0527. The number of halogens is 1. The number of hydrogen-bond donors (Lipinski definition) is 2. The first kappa shape index (κ1) is 17.7. The van der Waals surface area contributed by atoms with E-state index in [0.29, 0.717) is 11.3 Å². The molecule has 2 N–H and O–H groups in total. The lowest BCUT2D eigenvalue weighted by Gasteiger charge is -2.12. The number of nitrogens with one attached hydrogen (secondary N) is 2. The molecular formula is C17H17IN2O2S. The molecular weight excluding hydrogens is 423 g/mol. The maximum absolute atomic E-state index is 12.2. The Kier molecular flexibility index (Phi) is 6.35. The molecule has 0 aliphatic carbocycles. The lowest BCUT2D eigenvalue weighted by atomic mass is 10.2. The van der Waals surface area contributed by atoms with Crippen LogP contribution in [0, 0.1) is 3.57 Å². The molecule has 0 spiro atoms. The summed E-state index contributed by atoms with van der Waals surface area (Å²) in [5, 5.41) is 5.90. The molecule has 120 valence electrons. The molecule has 1 amide bonds. The molecule has 0 radical (unpaired) electrons. The molecule has 6 heteroatoms. The van der Waals surface area contributed by atoms with Crippen LogP contribution >= 0.6 is 34.8 Å². The molecule has 2 rings (SSSR count). The Balaban J connectivity index is 1.98. The van der Waals surface area contributed by atoms with E-state index in [9.17, 15) is 4.79 Å². The molecule has 4 nitrogen and oxygen atoms in total. The van der Waals surface area contributed by atoms with Crippen LogP contribution < -0.4 is 15.4 Å². The second-order valence-corrected chi connectivity index (χ2v) is 6.76. The van der Waals surface area contributed by atoms with Gasteiger partial charge in [-0.05, 0) is 91.1 Å². The number of anilines is 1. The van der Waals surface area contributed by atoms with Crippen LogP contribution in [0.4, 0.5) is 5.69 Å². The number of hydrogen-bond acceptors (Lipinski definition) is 3. The lowest BCUT2D eigenvalue weighted by Crippen LogP contribution is -2.34. The van der Waals surface area contributed by atoms with E-state index in [1.807, 2.05) is 44.2 Å². The molecule has 0 unspecified atom stereocenters. The van der Waals surface area contributed by atoms with E-state index < -0.39 is 0 Å². The van der Waals surface area contributed by atoms with Crippen molar-refractivity contribution in [3.8, 4) is 5.75 Å². The van der Waals surface area contributed by atoms with E-state index >= 15 is 0 Å². The summed E-state index contributed by atoms with van der Waals surface area (Å²) in [7, 11) is 0. The van der Waals surface area contributed by atoms with Crippen LogP contribution in [0.15, 0.2) is 48.5 Å². The molecule has 0 aliphatic rings. The summed E-state index contributed by atoms with van der Waals surface area (Å²) < 4.78 is 6.72. The van der Waals surface area contributed by atoms with E-state index in [-0.39, 0.29) is 17.1 Å². The van der Waals surface area contributed by atoms with Crippen LogP contribution in [0.2, 0.25) is 0 Å². The van der Waals surface area contributed by atoms with Crippen molar-refractivity contribution in [2.24, 2.45) is 0 Å². The standard InChI is InChI=1S/C17H17IN2O2S/c1-11(2)22-15-5-3-4-12(10-15)16(21)20-17(23)19-14-8-6-13(18)7-9-14/h3-11H,1-2H3,(H2,19,20,21,23). The first-order chi connectivity index (χ1) is 10.9. The normalized spacial score (nSPS) is 10.3. The number of carbonyl (C=O) groups is 1. The Morgan fingerprint density at radius 1 is 1.17 bits per heavy atom. The van der Waals surface area contributed by atoms with Gasteiger partial charge in [-0.3, -0.25) is 10.1 Å². The number of rotatable bonds is 4. The second-order valence-electron chi connectivity index (χ2n) is 5.11. The van der Waals surface area contributed by atoms with Gasteiger partial charge in [0.1, 0.15) is 5.75 Å².